The molecule has 5 heteroatoms. The number of aromatic nitrogens is 2. The quantitative estimate of drug-likeness (QED) is 0.790. The molecule has 1 aliphatic rings. The molecule has 3 aromatic rings. The Morgan fingerprint density at radius 1 is 1.13 bits per heavy atom. The minimum Gasteiger partial charge on any atom is -0.348 e. The Balaban J connectivity index is 1.96. The van der Waals surface area contributed by atoms with Crippen molar-refractivity contribution in [3.05, 3.63) is 46.4 Å². The van der Waals surface area contributed by atoms with Crippen molar-refractivity contribution in [1.29, 1.82) is 0 Å². The molecule has 2 heterocycles. The van der Waals surface area contributed by atoms with Crippen LogP contribution < -0.4 is 10.9 Å². The zero-order valence-electron chi connectivity index (χ0n) is 13.3. The summed E-state index contributed by atoms with van der Waals surface area (Å²) in [6, 6.07) is 9.79. The first kappa shape index (κ1) is 14.1. The maximum atomic E-state index is 12.6. The van der Waals surface area contributed by atoms with Crippen LogP contribution in [0.4, 0.5) is 0 Å². The van der Waals surface area contributed by atoms with Gasteiger partial charge in [-0.3, -0.25) is 9.59 Å². The molecule has 118 valence electrons. The molecule has 0 saturated heterocycles. The molecule has 1 amide bonds. The second-order valence-electron chi connectivity index (χ2n) is 6.33. The number of hydrogen-bond acceptors (Lipinski definition) is 2. The first-order valence-electron chi connectivity index (χ1n) is 7.96. The van der Waals surface area contributed by atoms with Crippen LogP contribution in [-0.2, 0) is 14.1 Å². The van der Waals surface area contributed by atoms with E-state index in [1.54, 1.807) is 17.7 Å². The number of nitrogens with zero attached hydrogens (tertiary/aromatic N) is 2. The summed E-state index contributed by atoms with van der Waals surface area (Å²) in [5.74, 6) is -0.0977. The van der Waals surface area contributed by atoms with Crippen LogP contribution in [0.3, 0.4) is 0 Å². The number of para-hydroxylation sites is 1. The van der Waals surface area contributed by atoms with E-state index in [1.807, 2.05) is 35.9 Å². The van der Waals surface area contributed by atoms with Crippen LogP contribution in [0.5, 0.6) is 0 Å². The van der Waals surface area contributed by atoms with Crippen molar-refractivity contribution in [1.82, 2.24) is 14.5 Å². The Bertz CT molecular complexity index is 993. The van der Waals surface area contributed by atoms with Gasteiger partial charge in [-0.1, -0.05) is 18.2 Å². The van der Waals surface area contributed by atoms with Gasteiger partial charge in [0.05, 0.1) is 16.4 Å². The van der Waals surface area contributed by atoms with E-state index in [9.17, 15) is 9.59 Å². The normalized spacial score (nSPS) is 15.0. The molecule has 5 nitrogen and oxygen atoms in total. The number of carbonyl (C=O) groups excluding carboxylic acids is 1. The molecular formula is C18H19N3O2. The summed E-state index contributed by atoms with van der Waals surface area (Å²) in [4.78, 5) is 25.2. The molecule has 1 aromatic carbocycles. The van der Waals surface area contributed by atoms with E-state index in [2.05, 4.69) is 5.32 Å². The monoisotopic (exact) mass is 309 g/mol. The summed E-state index contributed by atoms with van der Waals surface area (Å²) in [5, 5.41) is 4.62. The number of carbonyl (C=O) groups is 1. The largest absolute Gasteiger partial charge is 0.348 e. The van der Waals surface area contributed by atoms with Crippen LogP contribution in [0.1, 0.15) is 29.8 Å². The van der Waals surface area contributed by atoms with Gasteiger partial charge in [0, 0.05) is 25.5 Å². The lowest BCUT2D eigenvalue weighted by molar-refractivity contribution is 0.0909. The third-order valence-corrected chi connectivity index (χ3v) is 4.96. The van der Waals surface area contributed by atoms with Gasteiger partial charge in [0.1, 0.15) is 5.69 Å². The molecule has 4 rings (SSSR count). The highest BCUT2D eigenvalue weighted by Gasteiger charge is 2.23. The summed E-state index contributed by atoms with van der Waals surface area (Å²) in [6.45, 7) is 0. The molecule has 0 atom stereocenters. The minimum absolute atomic E-state index is 0.0722. The zero-order chi connectivity index (χ0) is 16.1. The van der Waals surface area contributed by atoms with Gasteiger partial charge in [-0.2, -0.15) is 0 Å². The van der Waals surface area contributed by atoms with E-state index in [1.165, 1.54) is 6.42 Å². The number of pyridine rings is 1. The lowest BCUT2D eigenvalue weighted by Gasteiger charge is -2.26. The predicted octanol–water partition coefficient (Wildman–Crippen LogP) is 2.31. The molecule has 23 heavy (non-hydrogen) atoms. The van der Waals surface area contributed by atoms with Crippen molar-refractivity contribution >= 4 is 27.7 Å². The van der Waals surface area contributed by atoms with Crippen LogP contribution in [0.2, 0.25) is 0 Å². The second kappa shape index (κ2) is 4.98. The highest BCUT2D eigenvalue weighted by atomic mass is 16.2. The second-order valence-corrected chi connectivity index (χ2v) is 6.33. The van der Waals surface area contributed by atoms with Crippen LogP contribution >= 0.6 is 0 Å². The fraction of sp³-hybridized carbons (Fsp3) is 0.333. The third kappa shape index (κ3) is 2.00. The average Bonchev–Trinajstić information content (AvgIpc) is 2.86. The molecule has 0 spiro atoms. The summed E-state index contributed by atoms with van der Waals surface area (Å²) in [5.41, 5.74) is 2.16. The van der Waals surface area contributed by atoms with Crippen LogP contribution in [-0.4, -0.2) is 21.1 Å². The van der Waals surface area contributed by atoms with Crippen molar-refractivity contribution in [3.63, 3.8) is 0 Å². The highest BCUT2D eigenvalue weighted by Crippen LogP contribution is 2.25. The topological polar surface area (TPSA) is 56.0 Å². The van der Waals surface area contributed by atoms with Crippen molar-refractivity contribution in [2.24, 2.45) is 14.1 Å². The fourth-order valence-electron chi connectivity index (χ4n) is 3.38. The van der Waals surface area contributed by atoms with E-state index >= 15 is 0 Å². The molecule has 0 radical (unpaired) electrons. The molecule has 1 aliphatic carbocycles. The predicted molar refractivity (Wildman–Crippen MR) is 90.8 cm³/mol. The van der Waals surface area contributed by atoms with Crippen molar-refractivity contribution in [2.45, 2.75) is 25.3 Å². The average molecular weight is 309 g/mol. The first-order valence-corrected chi connectivity index (χ1v) is 7.96. The molecule has 2 aromatic heterocycles. The van der Waals surface area contributed by atoms with Gasteiger partial charge in [-0.25, -0.2) is 0 Å². The molecule has 0 bridgehead atoms. The molecule has 0 aliphatic heterocycles. The Labute approximate surface area is 133 Å². The maximum Gasteiger partial charge on any atom is 0.268 e. The van der Waals surface area contributed by atoms with Crippen molar-refractivity contribution in [2.75, 3.05) is 0 Å². The molecule has 1 N–H and O–H groups in total. The number of rotatable bonds is 2. The number of benzene rings is 1. The SMILES string of the molecule is Cn1c(C(=O)NC2CCC2)cc2c(=O)n(C)c3ccccc3c21. The van der Waals surface area contributed by atoms with Crippen LogP contribution in [0.15, 0.2) is 35.1 Å². The smallest absolute Gasteiger partial charge is 0.268 e. The van der Waals surface area contributed by atoms with E-state index in [0.29, 0.717) is 11.1 Å². The third-order valence-electron chi connectivity index (χ3n) is 4.96. The summed E-state index contributed by atoms with van der Waals surface area (Å²) < 4.78 is 3.48. The Morgan fingerprint density at radius 2 is 1.87 bits per heavy atom. The molecule has 1 saturated carbocycles. The molecule has 0 unspecified atom stereocenters. The van der Waals surface area contributed by atoms with E-state index in [4.69, 9.17) is 0 Å². The number of amides is 1. The van der Waals surface area contributed by atoms with Crippen LogP contribution in [0, 0.1) is 0 Å². The van der Waals surface area contributed by atoms with Gasteiger partial charge < -0.3 is 14.5 Å². The summed E-state index contributed by atoms with van der Waals surface area (Å²) >= 11 is 0. The summed E-state index contributed by atoms with van der Waals surface area (Å²) in [6.07, 6.45) is 3.26. The van der Waals surface area contributed by atoms with Gasteiger partial charge in [0.25, 0.3) is 11.5 Å². The lowest BCUT2D eigenvalue weighted by atomic mass is 9.93. The van der Waals surface area contributed by atoms with E-state index < -0.39 is 0 Å². The zero-order valence-corrected chi connectivity index (χ0v) is 13.3. The van der Waals surface area contributed by atoms with Gasteiger partial charge in [0.15, 0.2) is 0 Å². The summed E-state index contributed by atoms with van der Waals surface area (Å²) in [7, 11) is 3.62. The van der Waals surface area contributed by atoms with E-state index in [0.717, 1.165) is 29.3 Å². The lowest BCUT2D eigenvalue weighted by Crippen LogP contribution is -2.40. The highest BCUT2D eigenvalue weighted by molar-refractivity contribution is 6.08. The first-order chi connectivity index (χ1) is 11.1. The van der Waals surface area contributed by atoms with Crippen molar-refractivity contribution in [3.8, 4) is 0 Å². The van der Waals surface area contributed by atoms with Gasteiger partial charge in [-0.15, -0.1) is 0 Å². The van der Waals surface area contributed by atoms with Crippen LogP contribution in [0.25, 0.3) is 21.8 Å². The van der Waals surface area contributed by atoms with Crippen molar-refractivity contribution < 1.29 is 4.79 Å². The fourth-order valence-corrected chi connectivity index (χ4v) is 3.38. The Morgan fingerprint density at radius 3 is 2.57 bits per heavy atom. The Kier molecular flexibility index (Phi) is 3.04. The standard InChI is InChI=1S/C18H19N3O2/c1-20-15(17(22)19-11-6-5-7-11)10-13-16(20)12-8-3-4-9-14(12)21(2)18(13)23/h3-4,8-11H,5-7H2,1-2H3,(H,19,22). The van der Waals surface area contributed by atoms with Gasteiger partial charge in [0.2, 0.25) is 0 Å². The number of fused-ring (bicyclic) bond motifs is 3. The van der Waals surface area contributed by atoms with Gasteiger partial charge in [-0.05, 0) is 31.4 Å². The number of hydrogen-bond donors (Lipinski definition) is 1. The van der Waals surface area contributed by atoms with E-state index in [-0.39, 0.29) is 17.5 Å². The Hall–Kier alpha value is -2.56. The molecular weight excluding hydrogens is 290 g/mol. The number of nitrogens with one attached hydrogen (secondary N) is 1. The maximum absolute atomic E-state index is 12.6. The minimum atomic E-state index is -0.0977. The molecule has 1 fully saturated rings. The number of aryl methyl sites for hydroxylation is 2. The van der Waals surface area contributed by atoms with Gasteiger partial charge >= 0.3 is 0 Å².